The molecule has 1 aromatic heterocycles. The lowest BCUT2D eigenvalue weighted by atomic mass is 10.1. The van der Waals surface area contributed by atoms with E-state index in [0.717, 1.165) is 24.4 Å². The molecule has 196 valence electrons. The van der Waals surface area contributed by atoms with E-state index in [1.807, 2.05) is 49.4 Å². The first-order chi connectivity index (χ1) is 18.0. The summed E-state index contributed by atoms with van der Waals surface area (Å²) in [5.41, 5.74) is 1.08. The number of benzene rings is 2. The Balaban J connectivity index is 1.50. The van der Waals surface area contributed by atoms with Crippen LogP contribution in [0.4, 0.5) is 4.39 Å². The molecule has 3 aromatic rings. The van der Waals surface area contributed by atoms with Crippen LogP contribution in [0.5, 0.6) is 0 Å². The molecular formula is C29H34FN3O4. The molecule has 4 rings (SSSR count). The summed E-state index contributed by atoms with van der Waals surface area (Å²) in [7, 11) is 0. The Hall–Kier alpha value is -3.49. The Labute approximate surface area is 217 Å². The van der Waals surface area contributed by atoms with Crippen molar-refractivity contribution in [1.29, 1.82) is 0 Å². The number of aryl methyl sites for hydroxylation is 1. The van der Waals surface area contributed by atoms with Gasteiger partial charge in [-0.1, -0.05) is 42.5 Å². The molecule has 0 unspecified atom stereocenters. The second kappa shape index (κ2) is 13.2. The van der Waals surface area contributed by atoms with Gasteiger partial charge in [0.15, 0.2) is 0 Å². The Kier molecular flexibility index (Phi) is 9.46. The summed E-state index contributed by atoms with van der Waals surface area (Å²) in [6.45, 7) is 6.16. The monoisotopic (exact) mass is 507 g/mol. The summed E-state index contributed by atoms with van der Waals surface area (Å²) in [4.78, 5) is 32.4. The smallest absolute Gasteiger partial charge is 0.257 e. The summed E-state index contributed by atoms with van der Waals surface area (Å²) >= 11 is 0. The van der Waals surface area contributed by atoms with Crippen LogP contribution < -0.4 is 0 Å². The van der Waals surface area contributed by atoms with Crippen molar-refractivity contribution in [1.82, 2.24) is 14.7 Å². The minimum atomic E-state index is -0.594. The van der Waals surface area contributed by atoms with Gasteiger partial charge in [0.2, 0.25) is 5.91 Å². The van der Waals surface area contributed by atoms with E-state index in [4.69, 9.17) is 9.15 Å². The zero-order chi connectivity index (χ0) is 26.0. The van der Waals surface area contributed by atoms with E-state index in [-0.39, 0.29) is 18.0 Å². The van der Waals surface area contributed by atoms with E-state index in [9.17, 15) is 14.0 Å². The molecule has 0 aliphatic carbocycles. The number of hydrogen-bond donors (Lipinski definition) is 0. The number of furan rings is 1. The highest BCUT2D eigenvalue weighted by molar-refractivity contribution is 5.96. The highest BCUT2D eigenvalue weighted by Gasteiger charge is 2.25. The maximum absolute atomic E-state index is 14.5. The van der Waals surface area contributed by atoms with Crippen LogP contribution in [0.25, 0.3) is 0 Å². The van der Waals surface area contributed by atoms with E-state index in [0.29, 0.717) is 51.6 Å². The molecule has 1 aliphatic heterocycles. The summed E-state index contributed by atoms with van der Waals surface area (Å²) in [6.07, 6.45) is 0.668. The second-order valence-corrected chi connectivity index (χ2v) is 9.22. The number of halogens is 1. The Morgan fingerprint density at radius 2 is 1.65 bits per heavy atom. The molecule has 7 nitrogen and oxygen atoms in total. The lowest BCUT2D eigenvalue weighted by Gasteiger charge is -2.31. The minimum absolute atomic E-state index is 0.0326. The van der Waals surface area contributed by atoms with Crippen molar-refractivity contribution >= 4 is 11.8 Å². The summed E-state index contributed by atoms with van der Waals surface area (Å²) < 4.78 is 25.7. The van der Waals surface area contributed by atoms with Crippen LogP contribution in [0.1, 0.15) is 27.4 Å². The van der Waals surface area contributed by atoms with Crippen molar-refractivity contribution in [2.75, 3.05) is 52.5 Å². The number of morpholine rings is 1. The Bertz CT molecular complexity index is 1160. The molecule has 0 radical (unpaired) electrons. The van der Waals surface area contributed by atoms with E-state index >= 15 is 0 Å². The van der Waals surface area contributed by atoms with Gasteiger partial charge in [0, 0.05) is 32.7 Å². The topological polar surface area (TPSA) is 66.2 Å². The van der Waals surface area contributed by atoms with Gasteiger partial charge in [-0.15, -0.1) is 0 Å². The Morgan fingerprint density at radius 1 is 0.919 bits per heavy atom. The zero-order valence-corrected chi connectivity index (χ0v) is 21.3. The van der Waals surface area contributed by atoms with Crippen molar-refractivity contribution in [3.8, 4) is 0 Å². The molecular weight excluding hydrogens is 473 g/mol. The highest BCUT2D eigenvalue weighted by Crippen LogP contribution is 2.14. The molecule has 37 heavy (non-hydrogen) atoms. The molecule has 1 aliphatic rings. The number of amides is 2. The number of carbonyl (C=O) groups is 2. The third kappa shape index (κ3) is 7.74. The van der Waals surface area contributed by atoms with Crippen LogP contribution in [0.15, 0.2) is 71.1 Å². The highest BCUT2D eigenvalue weighted by atomic mass is 19.1. The fraction of sp³-hybridized carbons (Fsp3) is 0.379. The maximum Gasteiger partial charge on any atom is 0.257 e. The molecule has 2 heterocycles. The predicted molar refractivity (Wildman–Crippen MR) is 139 cm³/mol. The first kappa shape index (κ1) is 26.6. The average Bonchev–Trinajstić information content (AvgIpc) is 3.34. The molecule has 0 atom stereocenters. The largest absolute Gasteiger partial charge is 0.464 e. The first-order valence-electron chi connectivity index (χ1n) is 12.7. The van der Waals surface area contributed by atoms with Crippen molar-refractivity contribution in [2.45, 2.75) is 19.9 Å². The number of nitrogens with zero attached hydrogens (tertiary/aromatic N) is 3. The van der Waals surface area contributed by atoms with Crippen LogP contribution in [0, 0.1) is 12.7 Å². The molecule has 2 aromatic carbocycles. The first-order valence-corrected chi connectivity index (χ1v) is 12.7. The van der Waals surface area contributed by atoms with Gasteiger partial charge < -0.3 is 19.0 Å². The normalized spacial score (nSPS) is 13.9. The molecule has 0 spiro atoms. The fourth-order valence-electron chi connectivity index (χ4n) is 4.37. The summed E-state index contributed by atoms with van der Waals surface area (Å²) in [5, 5.41) is 0. The number of carbonyl (C=O) groups excluding carboxylic acids is 2. The van der Waals surface area contributed by atoms with Gasteiger partial charge in [0.1, 0.15) is 23.9 Å². The van der Waals surface area contributed by atoms with Crippen molar-refractivity contribution in [2.24, 2.45) is 0 Å². The van der Waals surface area contributed by atoms with Gasteiger partial charge in [-0.05, 0) is 43.2 Å². The van der Waals surface area contributed by atoms with E-state index in [1.165, 1.54) is 17.0 Å². The van der Waals surface area contributed by atoms with Crippen LogP contribution in [-0.2, 0) is 22.5 Å². The van der Waals surface area contributed by atoms with Crippen molar-refractivity contribution < 1.29 is 23.1 Å². The number of ether oxygens (including phenoxy) is 1. The van der Waals surface area contributed by atoms with Gasteiger partial charge in [-0.3, -0.25) is 14.5 Å². The molecule has 1 saturated heterocycles. The Morgan fingerprint density at radius 3 is 2.35 bits per heavy atom. The van der Waals surface area contributed by atoms with Gasteiger partial charge in [-0.2, -0.15) is 0 Å². The molecule has 0 saturated carbocycles. The van der Waals surface area contributed by atoms with Crippen molar-refractivity contribution in [3.63, 3.8) is 0 Å². The lowest BCUT2D eigenvalue weighted by molar-refractivity contribution is -0.132. The number of rotatable bonds is 11. The predicted octanol–water partition coefficient (Wildman–Crippen LogP) is 3.77. The number of hydrogen-bond acceptors (Lipinski definition) is 5. The average molecular weight is 508 g/mol. The van der Waals surface area contributed by atoms with Crippen LogP contribution in [0.2, 0.25) is 0 Å². The molecule has 0 bridgehead atoms. The van der Waals surface area contributed by atoms with E-state index in [2.05, 4.69) is 4.90 Å². The van der Waals surface area contributed by atoms with E-state index < -0.39 is 11.7 Å². The third-order valence-corrected chi connectivity index (χ3v) is 6.52. The van der Waals surface area contributed by atoms with E-state index in [1.54, 1.807) is 17.0 Å². The third-order valence-electron chi connectivity index (χ3n) is 6.52. The molecule has 8 heteroatoms. The summed E-state index contributed by atoms with van der Waals surface area (Å²) in [6, 6.07) is 19.6. The lowest BCUT2D eigenvalue weighted by Crippen LogP contribution is -2.47. The van der Waals surface area contributed by atoms with Crippen LogP contribution in [0.3, 0.4) is 0 Å². The molecule has 1 fully saturated rings. The SMILES string of the molecule is Cc1ccc(CN(CCc2ccccc2)C(=O)CN(CCN2CCOCC2)C(=O)c2ccccc2F)o1. The quantitative estimate of drug-likeness (QED) is 0.395. The molecule has 0 N–H and O–H groups in total. The van der Waals surface area contributed by atoms with Crippen LogP contribution >= 0.6 is 0 Å². The molecule has 2 amide bonds. The summed E-state index contributed by atoms with van der Waals surface area (Å²) in [5.74, 6) is 0.156. The second-order valence-electron chi connectivity index (χ2n) is 9.22. The van der Waals surface area contributed by atoms with Gasteiger partial charge >= 0.3 is 0 Å². The van der Waals surface area contributed by atoms with Crippen LogP contribution in [-0.4, -0.2) is 79.0 Å². The minimum Gasteiger partial charge on any atom is -0.464 e. The van der Waals surface area contributed by atoms with Gasteiger partial charge in [-0.25, -0.2) is 4.39 Å². The standard InChI is InChI=1S/C29H34FN3O4/c1-23-11-12-25(37-23)21-32(14-13-24-7-3-2-4-8-24)28(34)22-33(16-15-31-17-19-36-20-18-31)29(35)26-9-5-6-10-27(26)30/h2-12H,13-22H2,1H3. The van der Waals surface area contributed by atoms with Gasteiger partial charge in [0.25, 0.3) is 5.91 Å². The van der Waals surface area contributed by atoms with Crippen molar-refractivity contribution in [3.05, 3.63) is 95.2 Å². The maximum atomic E-state index is 14.5. The fourth-order valence-corrected chi connectivity index (χ4v) is 4.37. The zero-order valence-electron chi connectivity index (χ0n) is 21.3. The van der Waals surface area contributed by atoms with Gasteiger partial charge in [0.05, 0.1) is 25.3 Å².